The van der Waals surface area contributed by atoms with E-state index < -0.39 is 0 Å². The fourth-order valence-electron chi connectivity index (χ4n) is 7.28. The Hall–Kier alpha value is -7.11. The van der Waals surface area contributed by atoms with Gasteiger partial charge in [0.1, 0.15) is 11.2 Å². The number of furan rings is 1. The van der Waals surface area contributed by atoms with Gasteiger partial charge in [-0.25, -0.2) is 15.0 Å². The molecule has 0 saturated heterocycles. The monoisotopic (exact) mass is 666 g/mol. The molecule has 244 valence electrons. The summed E-state index contributed by atoms with van der Waals surface area (Å²) in [6.07, 6.45) is 0. The van der Waals surface area contributed by atoms with Crippen molar-refractivity contribution in [2.24, 2.45) is 0 Å². The first-order valence-corrected chi connectivity index (χ1v) is 17.4. The fraction of sp³-hybridized carbons (Fsp3) is 0. The second-order valence-corrected chi connectivity index (χ2v) is 12.8. The molecule has 5 heteroatoms. The van der Waals surface area contributed by atoms with Crippen molar-refractivity contribution in [1.29, 1.82) is 0 Å². The number of hydrogen-bond donors (Lipinski definition) is 0. The SMILES string of the molecule is c1ccc(-c2nc(-c3ccccc3)nc(-c3cccc4oc5cc(N(c6cccc7ccccc67)c6cccc7ccccc67)ccc5c34)n2)cc1. The van der Waals surface area contributed by atoms with Crippen LogP contribution in [-0.2, 0) is 0 Å². The van der Waals surface area contributed by atoms with Gasteiger partial charge in [0.25, 0.3) is 0 Å². The molecule has 0 bridgehead atoms. The smallest absolute Gasteiger partial charge is 0.164 e. The molecule has 0 amide bonds. The van der Waals surface area contributed by atoms with Gasteiger partial charge in [0, 0.05) is 50.0 Å². The normalized spacial score (nSPS) is 11.5. The summed E-state index contributed by atoms with van der Waals surface area (Å²) in [6, 6.07) is 62.8. The Morgan fingerprint density at radius 3 is 1.52 bits per heavy atom. The third-order valence-corrected chi connectivity index (χ3v) is 9.69. The maximum absolute atomic E-state index is 6.68. The van der Waals surface area contributed by atoms with Crippen LogP contribution in [0.2, 0.25) is 0 Å². The average molecular weight is 667 g/mol. The molecule has 5 nitrogen and oxygen atoms in total. The Balaban J connectivity index is 1.19. The number of hydrogen-bond acceptors (Lipinski definition) is 5. The molecule has 0 spiro atoms. The first-order valence-electron chi connectivity index (χ1n) is 17.4. The predicted molar refractivity (Wildman–Crippen MR) is 213 cm³/mol. The van der Waals surface area contributed by atoms with Crippen molar-refractivity contribution >= 4 is 60.5 Å². The van der Waals surface area contributed by atoms with Gasteiger partial charge in [-0.2, -0.15) is 0 Å². The van der Waals surface area contributed by atoms with E-state index in [4.69, 9.17) is 19.4 Å². The zero-order chi connectivity index (χ0) is 34.4. The van der Waals surface area contributed by atoms with Gasteiger partial charge in [-0.3, -0.25) is 0 Å². The standard InChI is InChI=1S/C47H30N4O/c1-3-16-33(17-4-1)45-48-46(34-18-5-2-6-19-34)50-47(49-45)39-24-13-27-42-44(39)38-29-28-35(30-43(38)52-42)51(40-25-11-20-31-14-7-9-22-36(31)40)41-26-12-21-32-15-8-10-23-37(32)41/h1-30H. The van der Waals surface area contributed by atoms with Crippen molar-refractivity contribution in [3.8, 4) is 34.2 Å². The Kier molecular flexibility index (Phi) is 7.07. The third kappa shape index (κ3) is 5.07. The van der Waals surface area contributed by atoms with E-state index in [0.29, 0.717) is 17.5 Å². The van der Waals surface area contributed by atoms with Gasteiger partial charge in [0.15, 0.2) is 17.5 Å². The molecule has 10 rings (SSSR count). The highest BCUT2D eigenvalue weighted by molar-refractivity contribution is 6.13. The molecule has 0 radical (unpaired) electrons. The van der Waals surface area contributed by atoms with E-state index in [1.807, 2.05) is 72.8 Å². The van der Waals surface area contributed by atoms with Gasteiger partial charge >= 0.3 is 0 Å². The number of anilines is 3. The van der Waals surface area contributed by atoms with Crippen LogP contribution >= 0.6 is 0 Å². The quantitative estimate of drug-likeness (QED) is 0.177. The summed E-state index contributed by atoms with van der Waals surface area (Å²) < 4.78 is 6.68. The summed E-state index contributed by atoms with van der Waals surface area (Å²) in [5.41, 5.74) is 7.49. The number of aromatic nitrogens is 3. The number of nitrogens with zero attached hydrogens (tertiary/aromatic N) is 4. The van der Waals surface area contributed by atoms with Crippen molar-refractivity contribution < 1.29 is 4.42 Å². The molecule has 0 saturated carbocycles. The van der Waals surface area contributed by atoms with Crippen LogP contribution in [0, 0.1) is 0 Å². The minimum atomic E-state index is 0.596. The van der Waals surface area contributed by atoms with Crippen LogP contribution in [0.1, 0.15) is 0 Å². The van der Waals surface area contributed by atoms with Crippen LogP contribution in [0.25, 0.3) is 77.6 Å². The number of benzene rings is 8. The Morgan fingerprint density at radius 2 is 0.904 bits per heavy atom. The first-order chi connectivity index (χ1) is 25.8. The molecule has 0 fully saturated rings. The molecule has 0 unspecified atom stereocenters. The van der Waals surface area contributed by atoms with Crippen LogP contribution in [0.4, 0.5) is 17.1 Å². The minimum Gasteiger partial charge on any atom is -0.456 e. The van der Waals surface area contributed by atoms with Crippen LogP contribution in [-0.4, -0.2) is 15.0 Å². The van der Waals surface area contributed by atoms with Crippen LogP contribution in [0.15, 0.2) is 186 Å². The fourth-order valence-corrected chi connectivity index (χ4v) is 7.28. The van der Waals surface area contributed by atoms with Gasteiger partial charge in [-0.15, -0.1) is 0 Å². The summed E-state index contributed by atoms with van der Waals surface area (Å²) in [6.45, 7) is 0. The highest BCUT2D eigenvalue weighted by Crippen LogP contribution is 2.44. The maximum Gasteiger partial charge on any atom is 0.164 e. The topological polar surface area (TPSA) is 55.1 Å². The van der Waals surface area contributed by atoms with Crippen LogP contribution in [0.5, 0.6) is 0 Å². The van der Waals surface area contributed by atoms with Gasteiger partial charge in [-0.1, -0.05) is 146 Å². The summed E-state index contributed by atoms with van der Waals surface area (Å²) in [4.78, 5) is 17.4. The van der Waals surface area contributed by atoms with E-state index in [9.17, 15) is 0 Å². The highest BCUT2D eigenvalue weighted by Gasteiger charge is 2.21. The van der Waals surface area contributed by atoms with Gasteiger partial charge < -0.3 is 9.32 Å². The molecule has 0 aliphatic heterocycles. The predicted octanol–water partition coefficient (Wildman–Crippen LogP) is 12.5. The van der Waals surface area contributed by atoms with E-state index in [0.717, 1.165) is 55.7 Å². The lowest BCUT2D eigenvalue weighted by Crippen LogP contribution is -2.11. The number of rotatable bonds is 6. The van der Waals surface area contributed by atoms with Crippen molar-refractivity contribution in [1.82, 2.24) is 15.0 Å². The van der Waals surface area contributed by atoms with E-state index >= 15 is 0 Å². The lowest BCUT2D eigenvalue weighted by Gasteiger charge is -2.28. The molecule has 0 aliphatic carbocycles. The highest BCUT2D eigenvalue weighted by atomic mass is 16.3. The second-order valence-electron chi connectivity index (χ2n) is 12.8. The van der Waals surface area contributed by atoms with Crippen molar-refractivity contribution in [2.75, 3.05) is 4.90 Å². The minimum absolute atomic E-state index is 0.596. The van der Waals surface area contributed by atoms with Crippen molar-refractivity contribution in [3.63, 3.8) is 0 Å². The van der Waals surface area contributed by atoms with Crippen LogP contribution in [0.3, 0.4) is 0 Å². The molecule has 0 aliphatic rings. The van der Waals surface area contributed by atoms with E-state index in [1.165, 1.54) is 21.5 Å². The molecule has 10 aromatic rings. The van der Waals surface area contributed by atoms with E-state index in [2.05, 4.69) is 114 Å². The van der Waals surface area contributed by atoms with E-state index in [1.54, 1.807) is 0 Å². The molecule has 0 atom stereocenters. The van der Waals surface area contributed by atoms with Crippen molar-refractivity contribution in [2.45, 2.75) is 0 Å². The maximum atomic E-state index is 6.68. The molecule has 0 N–H and O–H groups in total. The summed E-state index contributed by atoms with van der Waals surface area (Å²) in [5, 5.41) is 6.66. The summed E-state index contributed by atoms with van der Waals surface area (Å²) >= 11 is 0. The second kappa shape index (κ2) is 12.3. The lowest BCUT2D eigenvalue weighted by atomic mass is 10.0. The zero-order valence-corrected chi connectivity index (χ0v) is 28.0. The molecule has 2 heterocycles. The summed E-state index contributed by atoms with van der Waals surface area (Å²) in [5.74, 6) is 1.84. The Morgan fingerprint density at radius 1 is 0.385 bits per heavy atom. The molecular formula is C47H30N4O. The van der Waals surface area contributed by atoms with E-state index in [-0.39, 0.29) is 0 Å². The first kappa shape index (κ1) is 29.8. The number of fused-ring (bicyclic) bond motifs is 5. The molecule has 8 aromatic carbocycles. The summed E-state index contributed by atoms with van der Waals surface area (Å²) in [7, 11) is 0. The van der Waals surface area contributed by atoms with Gasteiger partial charge in [0.05, 0.1) is 11.4 Å². The van der Waals surface area contributed by atoms with Crippen LogP contribution < -0.4 is 4.90 Å². The van der Waals surface area contributed by atoms with Crippen molar-refractivity contribution in [3.05, 3.63) is 182 Å². The third-order valence-electron chi connectivity index (χ3n) is 9.69. The molecular weight excluding hydrogens is 637 g/mol. The molecule has 2 aromatic heterocycles. The Labute approximate surface area is 300 Å². The lowest BCUT2D eigenvalue weighted by molar-refractivity contribution is 0.669. The zero-order valence-electron chi connectivity index (χ0n) is 28.0. The largest absolute Gasteiger partial charge is 0.456 e. The Bertz CT molecular complexity index is 2770. The average Bonchev–Trinajstić information content (AvgIpc) is 3.60. The van der Waals surface area contributed by atoms with Gasteiger partial charge in [-0.05, 0) is 41.1 Å². The van der Waals surface area contributed by atoms with Gasteiger partial charge in [0.2, 0.25) is 0 Å². The molecule has 52 heavy (non-hydrogen) atoms.